The molecule has 1 saturated carbocycles. The highest BCUT2D eigenvalue weighted by Gasteiger charge is 2.39. The number of rotatable bonds is 5. The van der Waals surface area contributed by atoms with Crippen LogP contribution < -0.4 is 10.6 Å². The summed E-state index contributed by atoms with van der Waals surface area (Å²) in [4.78, 5) is 24.2. The maximum atomic E-state index is 12.2. The molecule has 2 aromatic rings. The van der Waals surface area contributed by atoms with Crippen LogP contribution in [0, 0.1) is 0 Å². The average Bonchev–Trinajstić information content (AvgIpc) is 3.39. The number of ether oxygens (including phenoxy) is 1. The number of carbonyl (C=O) groups excluding carboxylic acids is 2. The number of hydrogen-bond donors (Lipinski definition) is 2. The van der Waals surface area contributed by atoms with Crippen LogP contribution in [0.1, 0.15) is 29.5 Å². The Morgan fingerprint density at radius 1 is 1.04 bits per heavy atom. The zero-order valence-electron chi connectivity index (χ0n) is 13.4. The van der Waals surface area contributed by atoms with Gasteiger partial charge in [0, 0.05) is 12.0 Å². The van der Waals surface area contributed by atoms with Gasteiger partial charge in [-0.25, -0.2) is 9.59 Å². The zero-order chi connectivity index (χ0) is 16.9. The molecule has 1 aliphatic carbocycles. The summed E-state index contributed by atoms with van der Waals surface area (Å²) in [6.07, 6.45) is 0.908. The Balaban J connectivity index is 1.60. The molecule has 0 heterocycles. The Labute approximate surface area is 141 Å². The number of methoxy groups -OCH3 is 1. The number of carbonyl (C=O) groups is 2. The highest BCUT2D eigenvalue weighted by Crippen LogP contribution is 2.40. The first-order valence-electron chi connectivity index (χ1n) is 7.94. The summed E-state index contributed by atoms with van der Waals surface area (Å²) < 4.78 is 4.80. The molecule has 0 radical (unpaired) electrons. The third-order valence-electron chi connectivity index (χ3n) is 4.18. The highest BCUT2D eigenvalue weighted by molar-refractivity contribution is 5.85. The van der Waals surface area contributed by atoms with Gasteiger partial charge in [-0.2, -0.15) is 0 Å². The molecule has 0 bridgehead atoms. The second-order valence-corrected chi connectivity index (χ2v) is 5.84. The minimum Gasteiger partial charge on any atom is -0.467 e. The fourth-order valence-corrected chi connectivity index (χ4v) is 2.81. The lowest BCUT2D eigenvalue weighted by molar-refractivity contribution is -0.143. The van der Waals surface area contributed by atoms with Gasteiger partial charge >= 0.3 is 12.0 Å². The molecular weight excluding hydrogens is 304 g/mol. The third-order valence-corrected chi connectivity index (χ3v) is 4.18. The largest absolute Gasteiger partial charge is 0.467 e. The first-order chi connectivity index (χ1) is 11.7. The third kappa shape index (κ3) is 3.74. The second-order valence-electron chi connectivity index (χ2n) is 5.84. The topological polar surface area (TPSA) is 67.4 Å². The predicted molar refractivity (Wildman–Crippen MR) is 90.5 cm³/mol. The summed E-state index contributed by atoms with van der Waals surface area (Å²) in [7, 11) is 1.31. The van der Waals surface area contributed by atoms with Gasteiger partial charge in [0.25, 0.3) is 0 Å². The van der Waals surface area contributed by atoms with Gasteiger partial charge in [0.15, 0.2) is 6.04 Å². The first kappa shape index (κ1) is 16.1. The smallest absolute Gasteiger partial charge is 0.333 e. The zero-order valence-corrected chi connectivity index (χ0v) is 13.4. The van der Waals surface area contributed by atoms with Crippen molar-refractivity contribution in [1.29, 1.82) is 0 Å². The molecule has 3 atom stereocenters. The van der Waals surface area contributed by atoms with Gasteiger partial charge in [-0.3, -0.25) is 0 Å². The molecule has 5 heteroatoms. The molecule has 3 rings (SSSR count). The minimum absolute atomic E-state index is 0.0986. The molecule has 3 unspecified atom stereocenters. The molecule has 2 N–H and O–H groups in total. The molecule has 0 aromatic heterocycles. The van der Waals surface area contributed by atoms with Crippen LogP contribution in [0.15, 0.2) is 60.7 Å². The number of benzene rings is 2. The van der Waals surface area contributed by atoms with Crippen LogP contribution in [0.3, 0.4) is 0 Å². The van der Waals surface area contributed by atoms with E-state index in [0.717, 1.165) is 6.42 Å². The first-order valence-corrected chi connectivity index (χ1v) is 7.94. The number of urea groups is 1. The quantitative estimate of drug-likeness (QED) is 0.831. The van der Waals surface area contributed by atoms with Crippen LogP contribution in [0.2, 0.25) is 0 Å². The summed E-state index contributed by atoms with van der Waals surface area (Å²) in [5.41, 5.74) is 1.91. The fraction of sp³-hybridized carbons (Fsp3) is 0.263. The Kier molecular flexibility index (Phi) is 4.79. The monoisotopic (exact) mass is 324 g/mol. The summed E-state index contributed by atoms with van der Waals surface area (Å²) in [5, 5.41) is 5.63. The van der Waals surface area contributed by atoms with Crippen LogP contribution in [0.4, 0.5) is 4.79 Å². The molecule has 24 heavy (non-hydrogen) atoms. The molecule has 124 valence electrons. The maximum Gasteiger partial charge on any atom is 0.333 e. The molecule has 1 fully saturated rings. The second kappa shape index (κ2) is 7.17. The van der Waals surface area contributed by atoms with Crippen LogP contribution in [-0.4, -0.2) is 25.2 Å². The lowest BCUT2D eigenvalue weighted by atomic mass is 10.1. The summed E-state index contributed by atoms with van der Waals surface area (Å²) >= 11 is 0. The molecule has 0 spiro atoms. The van der Waals surface area contributed by atoms with E-state index < -0.39 is 12.0 Å². The van der Waals surface area contributed by atoms with Gasteiger partial charge in [-0.05, 0) is 17.5 Å². The number of esters is 1. The Morgan fingerprint density at radius 2 is 1.67 bits per heavy atom. The van der Waals surface area contributed by atoms with Gasteiger partial charge in [0.05, 0.1) is 7.11 Å². The van der Waals surface area contributed by atoms with Gasteiger partial charge in [0.2, 0.25) is 0 Å². The molecule has 2 amide bonds. The lowest BCUT2D eigenvalue weighted by Gasteiger charge is -2.17. The Hall–Kier alpha value is -2.82. The van der Waals surface area contributed by atoms with E-state index in [1.807, 2.05) is 36.4 Å². The van der Waals surface area contributed by atoms with Gasteiger partial charge < -0.3 is 15.4 Å². The van der Waals surface area contributed by atoms with E-state index in [0.29, 0.717) is 11.5 Å². The molecule has 5 nitrogen and oxygen atoms in total. The van der Waals surface area contributed by atoms with Gasteiger partial charge in [-0.15, -0.1) is 0 Å². The predicted octanol–water partition coefficient (Wildman–Crippen LogP) is 2.76. The van der Waals surface area contributed by atoms with E-state index >= 15 is 0 Å². The maximum absolute atomic E-state index is 12.2. The van der Waals surface area contributed by atoms with Crippen molar-refractivity contribution in [2.75, 3.05) is 7.11 Å². The van der Waals surface area contributed by atoms with E-state index in [-0.39, 0.29) is 12.1 Å². The van der Waals surface area contributed by atoms with Crippen molar-refractivity contribution < 1.29 is 14.3 Å². The van der Waals surface area contributed by atoms with Crippen molar-refractivity contribution in [1.82, 2.24) is 10.6 Å². The molecule has 0 saturated heterocycles. The fourth-order valence-electron chi connectivity index (χ4n) is 2.81. The summed E-state index contributed by atoms with van der Waals surface area (Å²) in [5.74, 6) is -0.156. The van der Waals surface area contributed by atoms with Crippen molar-refractivity contribution in [2.24, 2.45) is 0 Å². The standard InChI is InChI=1S/C19H20N2O3/c1-24-18(22)17(14-10-6-3-7-11-14)21-19(23)20-16-12-15(16)13-8-4-2-5-9-13/h2-11,15-17H,12H2,1H3,(H2,20,21,23). The number of hydrogen-bond acceptors (Lipinski definition) is 3. The van der Waals surface area contributed by atoms with Crippen molar-refractivity contribution in [3.63, 3.8) is 0 Å². The van der Waals surface area contributed by atoms with Crippen LogP contribution in [-0.2, 0) is 9.53 Å². The van der Waals surface area contributed by atoms with Crippen LogP contribution >= 0.6 is 0 Å². The van der Waals surface area contributed by atoms with Crippen molar-refractivity contribution >= 4 is 12.0 Å². The average molecular weight is 324 g/mol. The van der Waals surface area contributed by atoms with E-state index in [4.69, 9.17) is 4.74 Å². The molecule has 2 aromatic carbocycles. The summed E-state index contributed by atoms with van der Waals surface area (Å²) in [6.45, 7) is 0. The van der Waals surface area contributed by atoms with E-state index in [2.05, 4.69) is 22.8 Å². The van der Waals surface area contributed by atoms with Crippen molar-refractivity contribution in [3.05, 3.63) is 71.8 Å². The Bertz CT molecular complexity index is 703. The SMILES string of the molecule is COC(=O)C(NC(=O)NC1CC1c1ccccc1)c1ccccc1. The summed E-state index contributed by atoms with van der Waals surface area (Å²) in [6, 6.07) is 18.1. The van der Waals surface area contributed by atoms with Crippen molar-refractivity contribution in [3.8, 4) is 0 Å². The normalized spacial score (nSPS) is 19.9. The minimum atomic E-state index is -0.815. The number of nitrogens with one attached hydrogen (secondary N) is 2. The molecule has 0 aliphatic heterocycles. The van der Waals surface area contributed by atoms with Crippen LogP contribution in [0.25, 0.3) is 0 Å². The van der Waals surface area contributed by atoms with E-state index in [1.54, 1.807) is 12.1 Å². The van der Waals surface area contributed by atoms with Gasteiger partial charge in [0.1, 0.15) is 0 Å². The molecular formula is C19H20N2O3. The van der Waals surface area contributed by atoms with Crippen LogP contribution in [0.5, 0.6) is 0 Å². The van der Waals surface area contributed by atoms with Gasteiger partial charge in [-0.1, -0.05) is 60.7 Å². The number of amides is 2. The highest BCUT2D eigenvalue weighted by atomic mass is 16.5. The molecule has 1 aliphatic rings. The van der Waals surface area contributed by atoms with Crippen molar-refractivity contribution in [2.45, 2.75) is 24.4 Å². The Morgan fingerprint density at radius 3 is 2.29 bits per heavy atom. The van der Waals surface area contributed by atoms with E-state index in [9.17, 15) is 9.59 Å². The lowest BCUT2D eigenvalue weighted by Crippen LogP contribution is -2.42. The van der Waals surface area contributed by atoms with E-state index in [1.165, 1.54) is 12.7 Å².